The molecular formula is C20H35N2O2+. The molecule has 1 N–H and O–H groups in total. The standard InChI is InChI=1S/C20H34N2O2/c1-5-7-9-15-22(3,4)16-17-24-20(23)18-10-12-19(13-11-18)21-14-8-6-2/h10-13H,5-9,14-17H2,1-4H3/p+1. The molecule has 0 heterocycles. The first-order valence-corrected chi connectivity index (χ1v) is 9.31. The highest BCUT2D eigenvalue weighted by Gasteiger charge is 2.16. The normalized spacial score (nSPS) is 11.3. The maximum absolute atomic E-state index is 12.1. The van der Waals surface area contributed by atoms with Crippen LogP contribution in [0.5, 0.6) is 0 Å². The van der Waals surface area contributed by atoms with Crippen molar-refractivity contribution in [3.05, 3.63) is 29.8 Å². The van der Waals surface area contributed by atoms with Crippen LogP contribution in [0.25, 0.3) is 0 Å². The lowest BCUT2D eigenvalue weighted by atomic mass is 10.2. The summed E-state index contributed by atoms with van der Waals surface area (Å²) in [5.41, 5.74) is 1.67. The molecular weight excluding hydrogens is 300 g/mol. The van der Waals surface area contributed by atoms with Crippen molar-refractivity contribution in [2.45, 2.75) is 46.0 Å². The first-order valence-electron chi connectivity index (χ1n) is 9.31. The van der Waals surface area contributed by atoms with Gasteiger partial charge in [0.15, 0.2) is 0 Å². The van der Waals surface area contributed by atoms with E-state index in [1.807, 2.05) is 24.3 Å². The van der Waals surface area contributed by atoms with Gasteiger partial charge in [-0.25, -0.2) is 4.79 Å². The van der Waals surface area contributed by atoms with E-state index < -0.39 is 0 Å². The number of carbonyl (C=O) groups is 1. The van der Waals surface area contributed by atoms with E-state index in [2.05, 4.69) is 33.3 Å². The monoisotopic (exact) mass is 335 g/mol. The van der Waals surface area contributed by atoms with Crippen molar-refractivity contribution < 1.29 is 14.0 Å². The molecule has 0 aromatic heterocycles. The highest BCUT2D eigenvalue weighted by Crippen LogP contribution is 2.11. The number of nitrogens with one attached hydrogen (secondary N) is 1. The van der Waals surface area contributed by atoms with Crippen molar-refractivity contribution in [1.29, 1.82) is 0 Å². The number of quaternary nitrogens is 1. The van der Waals surface area contributed by atoms with Gasteiger partial charge in [-0.05, 0) is 43.5 Å². The molecule has 0 aliphatic heterocycles. The Bertz CT molecular complexity index is 469. The van der Waals surface area contributed by atoms with Gasteiger partial charge in [-0.2, -0.15) is 0 Å². The van der Waals surface area contributed by atoms with Crippen LogP contribution in [0, 0.1) is 0 Å². The van der Waals surface area contributed by atoms with Gasteiger partial charge in [0.25, 0.3) is 0 Å². The molecule has 0 aliphatic carbocycles. The molecule has 0 atom stereocenters. The van der Waals surface area contributed by atoms with Crippen molar-refractivity contribution in [3.63, 3.8) is 0 Å². The number of hydrogen-bond acceptors (Lipinski definition) is 3. The second kappa shape index (κ2) is 11.1. The summed E-state index contributed by atoms with van der Waals surface area (Å²) in [4.78, 5) is 12.1. The first kappa shape index (κ1) is 20.5. The smallest absolute Gasteiger partial charge is 0.338 e. The topological polar surface area (TPSA) is 38.3 Å². The molecule has 1 aromatic carbocycles. The number of nitrogens with zero attached hydrogens (tertiary/aromatic N) is 1. The molecule has 0 radical (unpaired) electrons. The van der Waals surface area contributed by atoms with E-state index in [0.717, 1.165) is 36.2 Å². The number of likely N-dealkylation sites (N-methyl/N-ethyl adjacent to an activating group) is 1. The van der Waals surface area contributed by atoms with Crippen molar-refractivity contribution in [2.75, 3.05) is 45.7 Å². The fraction of sp³-hybridized carbons (Fsp3) is 0.650. The Hall–Kier alpha value is -1.55. The minimum atomic E-state index is -0.233. The highest BCUT2D eigenvalue weighted by molar-refractivity contribution is 5.89. The number of esters is 1. The van der Waals surface area contributed by atoms with Crippen LogP contribution in [-0.4, -0.2) is 50.8 Å². The van der Waals surface area contributed by atoms with Crippen molar-refractivity contribution >= 4 is 11.7 Å². The van der Waals surface area contributed by atoms with E-state index in [-0.39, 0.29) is 5.97 Å². The summed E-state index contributed by atoms with van der Waals surface area (Å²) < 4.78 is 6.33. The zero-order chi connectivity index (χ0) is 17.8. The van der Waals surface area contributed by atoms with Crippen LogP contribution in [0.15, 0.2) is 24.3 Å². The first-order chi connectivity index (χ1) is 11.5. The number of ether oxygens (including phenoxy) is 1. The number of carbonyl (C=O) groups excluding carboxylic acids is 1. The minimum absolute atomic E-state index is 0.233. The van der Waals surface area contributed by atoms with Crippen LogP contribution in [0.3, 0.4) is 0 Å². The van der Waals surface area contributed by atoms with Gasteiger partial charge in [-0.1, -0.05) is 26.7 Å². The Balaban J connectivity index is 2.34. The van der Waals surface area contributed by atoms with Crippen LogP contribution < -0.4 is 5.32 Å². The molecule has 0 amide bonds. The molecule has 0 aliphatic rings. The molecule has 24 heavy (non-hydrogen) atoms. The quantitative estimate of drug-likeness (QED) is 0.351. The molecule has 0 saturated heterocycles. The molecule has 0 saturated carbocycles. The van der Waals surface area contributed by atoms with E-state index >= 15 is 0 Å². The number of rotatable bonds is 12. The summed E-state index contributed by atoms with van der Waals surface area (Å²) in [7, 11) is 4.39. The lowest BCUT2D eigenvalue weighted by molar-refractivity contribution is -0.890. The third kappa shape index (κ3) is 8.34. The Morgan fingerprint density at radius 2 is 1.67 bits per heavy atom. The molecule has 0 fully saturated rings. The number of unbranched alkanes of at least 4 members (excludes halogenated alkanes) is 3. The van der Waals surface area contributed by atoms with Crippen LogP contribution in [0.1, 0.15) is 56.3 Å². The SMILES string of the molecule is CCCCC[N+](C)(C)CCOC(=O)c1ccc(NCCCC)cc1. The Morgan fingerprint density at radius 1 is 1.00 bits per heavy atom. The van der Waals surface area contributed by atoms with E-state index in [0.29, 0.717) is 12.2 Å². The van der Waals surface area contributed by atoms with Crippen LogP contribution >= 0.6 is 0 Å². The fourth-order valence-electron chi connectivity index (χ4n) is 2.50. The summed E-state index contributed by atoms with van der Waals surface area (Å²) in [6, 6.07) is 7.55. The van der Waals surface area contributed by atoms with Crippen LogP contribution in [0.2, 0.25) is 0 Å². The van der Waals surface area contributed by atoms with E-state index in [4.69, 9.17) is 4.74 Å². The van der Waals surface area contributed by atoms with Gasteiger partial charge in [0.05, 0.1) is 26.2 Å². The summed E-state index contributed by atoms with van der Waals surface area (Å²) in [5.74, 6) is -0.233. The summed E-state index contributed by atoms with van der Waals surface area (Å²) >= 11 is 0. The van der Waals surface area contributed by atoms with Crippen LogP contribution in [0.4, 0.5) is 5.69 Å². The van der Waals surface area contributed by atoms with E-state index in [9.17, 15) is 4.79 Å². The molecule has 1 aromatic rings. The summed E-state index contributed by atoms with van der Waals surface area (Å²) in [6.45, 7) is 7.80. The maximum atomic E-state index is 12.1. The Labute approximate surface area is 147 Å². The number of anilines is 1. The van der Waals surface area contributed by atoms with Gasteiger partial charge in [-0.15, -0.1) is 0 Å². The van der Waals surface area contributed by atoms with Crippen LogP contribution in [-0.2, 0) is 4.74 Å². The third-order valence-corrected chi connectivity index (χ3v) is 4.28. The van der Waals surface area contributed by atoms with Gasteiger partial charge in [0, 0.05) is 12.2 Å². The van der Waals surface area contributed by atoms with Gasteiger partial charge in [0.2, 0.25) is 0 Å². The Kier molecular flexibility index (Phi) is 9.46. The molecule has 4 nitrogen and oxygen atoms in total. The average molecular weight is 336 g/mol. The van der Waals surface area contributed by atoms with Crippen molar-refractivity contribution in [2.24, 2.45) is 0 Å². The van der Waals surface area contributed by atoms with Gasteiger partial charge in [0.1, 0.15) is 13.2 Å². The maximum Gasteiger partial charge on any atom is 0.338 e. The largest absolute Gasteiger partial charge is 0.456 e. The van der Waals surface area contributed by atoms with Crippen molar-refractivity contribution in [3.8, 4) is 0 Å². The van der Waals surface area contributed by atoms with Crippen molar-refractivity contribution in [1.82, 2.24) is 0 Å². The van der Waals surface area contributed by atoms with E-state index in [1.165, 1.54) is 25.7 Å². The molecule has 1 rings (SSSR count). The summed E-state index contributed by atoms with van der Waals surface area (Å²) in [6.07, 6.45) is 6.04. The molecule has 0 bridgehead atoms. The molecule has 136 valence electrons. The predicted octanol–water partition coefficient (Wildman–Crippen LogP) is 4.32. The summed E-state index contributed by atoms with van der Waals surface area (Å²) in [5, 5.41) is 3.34. The van der Waals surface area contributed by atoms with E-state index in [1.54, 1.807) is 0 Å². The lowest BCUT2D eigenvalue weighted by Gasteiger charge is -2.29. The molecule has 0 unspecified atom stereocenters. The van der Waals surface area contributed by atoms with Gasteiger partial charge < -0.3 is 14.5 Å². The molecule has 0 spiro atoms. The zero-order valence-corrected chi connectivity index (χ0v) is 15.9. The molecule has 4 heteroatoms. The van der Waals surface area contributed by atoms with Gasteiger partial charge >= 0.3 is 5.97 Å². The zero-order valence-electron chi connectivity index (χ0n) is 15.9. The second-order valence-electron chi connectivity index (χ2n) is 7.08. The minimum Gasteiger partial charge on any atom is -0.456 e. The average Bonchev–Trinajstić information content (AvgIpc) is 2.55. The second-order valence-corrected chi connectivity index (χ2v) is 7.08. The third-order valence-electron chi connectivity index (χ3n) is 4.28. The highest BCUT2D eigenvalue weighted by atomic mass is 16.5. The Morgan fingerprint density at radius 3 is 2.29 bits per heavy atom. The lowest BCUT2D eigenvalue weighted by Crippen LogP contribution is -2.43. The van der Waals surface area contributed by atoms with Gasteiger partial charge in [-0.3, -0.25) is 0 Å². The number of hydrogen-bond donors (Lipinski definition) is 1. The predicted molar refractivity (Wildman–Crippen MR) is 101 cm³/mol. The number of benzene rings is 1. The fourth-order valence-corrected chi connectivity index (χ4v) is 2.50.